The van der Waals surface area contributed by atoms with Crippen molar-refractivity contribution in [3.63, 3.8) is 0 Å². The lowest BCUT2D eigenvalue weighted by Gasteiger charge is -2.36. The molecule has 0 N–H and O–H groups in total. The maximum Gasteiger partial charge on any atom is 0.224 e. The molecular weight excluding hydrogens is 364 g/mol. The van der Waals surface area contributed by atoms with Gasteiger partial charge in [-0.3, -0.25) is 14.4 Å². The summed E-state index contributed by atoms with van der Waals surface area (Å²) in [6, 6.07) is 16.4. The van der Waals surface area contributed by atoms with Gasteiger partial charge in [0.25, 0.3) is 0 Å². The molecule has 2 aromatic rings. The van der Waals surface area contributed by atoms with Crippen LogP contribution in [0.15, 0.2) is 66.0 Å². The number of rotatable bonds is 4. The molecule has 0 aromatic heterocycles. The first-order valence-corrected chi connectivity index (χ1v) is 10.1. The fourth-order valence-electron chi connectivity index (χ4n) is 4.12. The van der Waals surface area contributed by atoms with E-state index in [1.54, 1.807) is 24.3 Å². The van der Waals surface area contributed by atoms with Gasteiger partial charge < -0.3 is 9.80 Å². The molecule has 1 saturated heterocycles. The van der Waals surface area contributed by atoms with Crippen LogP contribution in [0.4, 0.5) is 0 Å². The molecule has 148 valence electrons. The third kappa shape index (κ3) is 3.60. The highest BCUT2D eigenvalue weighted by molar-refractivity contribution is 6.27. The van der Waals surface area contributed by atoms with Crippen LogP contribution < -0.4 is 0 Å². The molecule has 0 atom stereocenters. The van der Waals surface area contributed by atoms with Crippen molar-refractivity contribution in [3.05, 3.63) is 82.7 Å². The van der Waals surface area contributed by atoms with Gasteiger partial charge in [-0.2, -0.15) is 0 Å². The second kappa shape index (κ2) is 8.03. The number of carbonyl (C=O) groups excluding carboxylic acids is 3. The Bertz CT molecular complexity index is 988. The maximum atomic E-state index is 13.5. The number of fused-ring (bicyclic) bond motifs is 1. The number of hydrogen-bond donors (Lipinski definition) is 0. The minimum Gasteiger partial charge on any atom is -0.367 e. The minimum atomic E-state index is -0.257. The van der Waals surface area contributed by atoms with Crippen molar-refractivity contribution in [1.29, 1.82) is 0 Å². The number of amides is 1. The zero-order valence-electron chi connectivity index (χ0n) is 16.6. The van der Waals surface area contributed by atoms with E-state index in [2.05, 4.69) is 0 Å². The van der Waals surface area contributed by atoms with Crippen LogP contribution in [-0.2, 0) is 11.3 Å². The largest absolute Gasteiger partial charge is 0.367 e. The summed E-state index contributed by atoms with van der Waals surface area (Å²) in [6.07, 6.45) is 3.05. The van der Waals surface area contributed by atoms with Gasteiger partial charge in [0.1, 0.15) is 11.4 Å². The summed E-state index contributed by atoms with van der Waals surface area (Å²) >= 11 is 0. The van der Waals surface area contributed by atoms with Gasteiger partial charge in [0, 0.05) is 31.1 Å². The zero-order chi connectivity index (χ0) is 20.4. The van der Waals surface area contributed by atoms with Crippen LogP contribution in [0.5, 0.6) is 0 Å². The molecule has 4 rings (SSSR count). The smallest absolute Gasteiger partial charge is 0.224 e. The summed E-state index contributed by atoms with van der Waals surface area (Å²) in [5, 5.41) is 0. The molecule has 1 aliphatic heterocycles. The van der Waals surface area contributed by atoms with E-state index in [1.165, 1.54) is 11.8 Å². The van der Waals surface area contributed by atoms with Crippen molar-refractivity contribution in [2.75, 3.05) is 13.1 Å². The van der Waals surface area contributed by atoms with Gasteiger partial charge in [0.05, 0.1) is 6.54 Å². The SMILES string of the molecule is CC(=O)N(Cc1ccccc1)C1=C(N2CCCCC2)C(=O)c2ccccc2C1=O. The zero-order valence-corrected chi connectivity index (χ0v) is 16.6. The molecule has 0 unspecified atom stereocenters. The number of nitrogens with zero attached hydrogens (tertiary/aromatic N) is 2. The van der Waals surface area contributed by atoms with Gasteiger partial charge in [0.15, 0.2) is 0 Å². The minimum absolute atomic E-state index is 0.170. The lowest BCUT2D eigenvalue weighted by atomic mass is 9.88. The Kier molecular flexibility index (Phi) is 5.30. The molecule has 2 aliphatic rings. The van der Waals surface area contributed by atoms with Crippen molar-refractivity contribution >= 4 is 17.5 Å². The van der Waals surface area contributed by atoms with E-state index in [0.29, 0.717) is 16.8 Å². The molecule has 0 bridgehead atoms. The number of Topliss-reactive ketones (excluding diaryl/α,β-unsaturated/α-hetero) is 2. The first kappa shape index (κ1) is 19.1. The molecule has 5 heteroatoms. The second-order valence-electron chi connectivity index (χ2n) is 7.54. The molecule has 0 radical (unpaired) electrons. The third-order valence-electron chi connectivity index (χ3n) is 5.58. The topological polar surface area (TPSA) is 57.7 Å². The van der Waals surface area contributed by atoms with Crippen molar-refractivity contribution in [2.24, 2.45) is 0 Å². The van der Waals surface area contributed by atoms with Crippen molar-refractivity contribution in [1.82, 2.24) is 9.80 Å². The summed E-state index contributed by atoms with van der Waals surface area (Å²) < 4.78 is 0. The number of piperidine rings is 1. The highest BCUT2D eigenvalue weighted by Gasteiger charge is 2.39. The highest BCUT2D eigenvalue weighted by atomic mass is 16.2. The van der Waals surface area contributed by atoms with Gasteiger partial charge in [0.2, 0.25) is 17.5 Å². The summed E-state index contributed by atoms with van der Waals surface area (Å²) in [6.45, 7) is 3.14. The summed E-state index contributed by atoms with van der Waals surface area (Å²) in [5.74, 6) is -0.679. The van der Waals surface area contributed by atoms with Crippen LogP contribution in [0.2, 0.25) is 0 Å². The Morgan fingerprint density at radius 3 is 2.07 bits per heavy atom. The summed E-state index contributed by atoms with van der Waals surface area (Å²) in [4.78, 5) is 43.1. The van der Waals surface area contributed by atoms with E-state index < -0.39 is 0 Å². The van der Waals surface area contributed by atoms with E-state index in [1.807, 2.05) is 35.2 Å². The predicted octanol–water partition coefficient (Wildman–Crippen LogP) is 3.81. The molecule has 2 aromatic carbocycles. The number of benzene rings is 2. The summed E-state index contributed by atoms with van der Waals surface area (Å²) in [5.41, 5.74) is 2.29. The third-order valence-corrected chi connectivity index (χ3v) is 5.58. The van der Waals surface area contributed by atoms with Crippen molar-refractivity contribution in [2.45, 2.75) is 32.7 Å². The Balaban J connectivity index is 1.86. The maximum absolute atomic E-state index is 13.5. The first-order valence-electron chi connectivity index (χ1n) is 10.1. The number of ketones is 2. The monoisotopic (exact) mass is 388 g/mol. The predicted molar refractivity (Wildman–Crippen MR) is 110 cm³/mol. The van der Waals surface area contributed by atoms with Crippen molar-refractivity contribution < 1.29 is 14.4 Å². The normalized spacial score (nSPS) is 16.7. The van der Waals surface area contributed by atoms with E-state index in [9.17, 15) is 14.4 Å². The number of likely N-dealkylation sites (tertiary alicyclic amines) is 1. The Morgan fingerprint density at radius 2 is 1.45 bits per heavy atom. The Labute approximate surface area is 170 Å². The molecule has 1 amide bonds. The average Bonchev–Trinajstić information content (AvgIpc) is 2.76. The first-order chi connectivity index (χ1) is 14.1. The Morgan fingerprint density at radius 1 is 0.862 bits per heavy atom. The van der Waals surface area contributed by atoms with Gasteiger partial charge in [-0.15, -0.1) is 0 Å². The lowest BCUT2D eigenvalue weighted by molar-refractivity contribution is -0.127. The molecule has 0 saturated carbocycles. The average molecular weight is 388 g/mol. The molecule has 5 nitrogen and oxygen atoms in total. The van der Waals surface area contributed by atoms with Crippen LogP contribution in [0.1, 0.15) is 52.5 Å². The standard InChI is InChI=1S/C24H24N2O3/c1-17(27)26(16-18-10-4-2-5-11-18)22-21(25-14-8-3-9-15-25)23(28)19-12-6-7-13-20(19)24(22)29/h2,4-7,10-13H,3,8-9,14-16H2,1H3. The molecule has 1 aliphatic carbocycles. The van der Waals surface area contributed by atoms with E-state index in [4.69, 9.17) is 0 Å². The second-order valence-corrected chi connectivity index (χ2v) is 7.54. The molecule has 0 spiro atoms. The number of allylic oxidation sites excluding steroid dienone is 2. The van der Waals surface area contributed by atoms with Crippen LogP contribution in [0.3, 0.4) is 0 Å². The Hall–Kier alpha value is -3.21. The van der Waals surface area contributed by atoms with Gasteiger partial charge in [-0.05, 0) is 24.8 Å². The fraction of sp³-hybridized carbons (Fsp3) is 0.292. The van der Waals surface area contributed by atoms with E-state index >= 15 is 0 Å². The number of hydrogen-bond acceptors (Lipinski definition) is 4. The lowest BCUT2D eigenvalue weighted by Crippen LogP contribution is -2.43. The molecular formula is C24H24N2O3. The molecule has 1 heterocycles. The quantitative estimate of drug-likeness (QED) is 0.799. The summed E-state index contributed by atoms with van der Waals surface area (Å²) in [7, 11) is 0. The fourth-order valence-corrected chi connectivity index (χ4v) is 4.12. The van der Waals surface area contributed by atoms with Gasteiger partial charge >= 0.3 is 0 Å². The van der Waals surface area contributed by atoms with Crippen LogP contribution in [0.25, 0.3) is 0 Å². The van der Waals surface area contributed by atoms with Crippen molar-refractivity contribution in [3.8, 4) is 0 Å². The van der Waals surface area contributed by atoms with E-state index in [-0.39, 0.29) is 29.7 Å². The van der Waals surface area contributed by atoms with Crippen LogP contribution >= 0.6 is 0 Å². The van der Waals surface area contributed by atoms with Crippen LogP contribution in [0, 0.1) is 0 Å². The molecule has 1 fully saturated rings. The number of carbonyl (C=O) groups is 3. The van der Waals surface area contributed by atoms with Gasteiger partial charge in [-0.1, -0.05) is 54.6 Å². The highest BCUT2D eigenvalue weighted by Crippen LogP contribution is 2.32. The van der Waals surface area contributed by atoms with E-state index in [0.717, 1.165) is 37.9 Å². The van der Waals surface area contributed by atoms with Crippen LogP contribution in [-0.4, -0.2) is 40.4 Å². The molecule has 29 heavy (non-hydrogen) atoms. The van der Waals surface area contributed by atoms with Gasteiger partial charge in [-0.25, -0.2) is 0 Å².